The molecular formula is C8H15N3O4S. The molecule has 1 unspecified atom stereocenters. The summed E-state index contributed by atoms with van der Waals surface area (Å²) in [6.07, 6.45) is 1.77. The molecule has 1 aliphatic rings. The Balaban J connectivity index is 2.19. The summed E-state index contributed by atoms with van der Waals surface area (Å²) in [5.74, 6) is -0.424. The smallest absolute Gasteiger partial charge is 0.341 e. The van der Waals surface area contributed by atoms with Crippen molar-refractivity contribution in [1.82, 2.24) is 4.31 Å². The number of nitrogens with zero attached hydrogens (tertiary/aromatic N) is 2. The molecule has 0 aromatic rings. The zero-order valence-electron chi connectivity index (χ0n) is 8.96. The van der Waals surface area contributed by atoms with Crippen molar-refractivity contribution in [1.29, 1.82) is 0 Å². The molecule has 0 saturated heterocycles. The second-order valence-corrected chi connectivity index (χ2v) is 4.50. The van der Waals surface area contributed by atoms with Gasteiger partial charge in [-0.2, -0.15) is 4.21 Å². The Morgan fingerprint density at radius 2 is 2.38 bits per heavy atom. The van der Waals surface area contributed by atoms with Crippen molar-refractivity contribution >= 4 is 23.1 Å². The topological polar surface area (TPSA) is 105 Å². The van der Waals surface area contributed by atoms with Crippen molar-refractivity contribution < 1.29 is 18.4 Å². The van der Waals surface area contributed by atoms with Gasteiger partial charge >= 0.3 is 17.2 Å². The molecule has 2 atom stereocenters. The van der Waals surface area contributed by atoms with E-state index in [1.807, 2.05) is 0 Å². The first-order valence-electron chi connectivity index (χ1n) is 4.92. The highest BCUT2D eigenvalue weighted by atomic mass is 32.2. The average molecular weight is 249 g/mol. The monoisotopic (exact) mass is 249 g/mol. The number of rotatable bonds is 6. The highest BCUT2D eigenvalue weighted by Crippen LogP contribution is 2.11. The molecule has 0 aromatic heterocycles. The summed E-state index contributed by atoms with van der Waals surface area (Å²) in [5, 5.41) is 12.1. The van der Waals surface area contributed by atoms with Gasteiger partial charge in [0.25, 0.3) is 0 Å². The van der Waals surface area contributed by atoms with Crippen LogP contribution in [0.3, 0.4) is 0 Å². The van der Waals surface area contributed by atoms with Gasteiger partial charge in [-0.3, -0.25) is 9.08 Å². The van der Waals surface area contributed by atoms with Crippen molar-refractivity contribution in [2.45, 2.75) is 32.2 Å². The summed E-state index contributed by atoms with van der Waals surface area (Å²) >= 11 is -1.53. The summed E-state index contributed by atoms with van der Waals surface area (Å²) < 4.78 is 17.3. The predicted octanol–water partition coefficient (Wildman–Crippen LogP) is -0.187. The first-order chi connectivity index (χ1) is 7.52. The van der Waals surface area contributed by atoms with E-state index in [4.69, 9.17) is 10.8 Å². The van der Waals surface area contributed by atoms with E-state index in [9.17, 15) is 9.00 Å². The lowest BCUT2D eigenvalue weighted by Crippen LogP contribution is -2.31. The molecule has 8 heteroatoms. The summed E-state index contributed by atoms with van der Waals surface area (Å²) in [6, 6.07) is -0.824. The number of nitrogens with two attached hydrogens (primary N) is 1. The molecule has 0 amide bonds. The number of carboxylic acid groups (broad SMARTS) is 1. The third-order valence-electron chi connectivity index (χ3n) is 2.22. The third-order valence-corrected chi connectivity index (χ3v) is 3.23. The van der Waals surface area contributed by atoms with Crippen LogP contribution in [0, 0.1) is 0 Å². The van der Waals surface area contributed by atoms with Crippen LogP contribution < -0.4 is 5.73 Å². The van der Waals surface area contributed by atoms with E-state index in [-0.39, 0.29) is 0 Å². The lowest BCUT2D eigenvalue weighted by atomic mass is 10.1. The van der Waals surface area contributed by atoms with Crippen LogP contribution in [-0.4, -0.2) is 38.0 Å². The number of carboxylic acids is 1. The van der Waals surface area contributed by atoms with Crippen LogP contribution in [0.25, 0.3) is 0 Å². The minimum atomic E-state index is -1.53. The van der Waals surface area contributed by atoms with Gasteiger partial charge in [0.2, 0.25) is 0 Å². The number of hydrogen-bond acceptors (Lipinski definition) is 5. The Labute approximate surface area is 96.0 Å². The highest BCUT2D eigenvalue weighted by Gasteiger charge is 2.23. The van der Waals surface area contributed by atoms with Crippen LogP contribution in [-0.2, 0) is 20.3 Å². The summed E-state index contributed by atoms with van der Waals surface area (Å²) in [7, 11) is 0. The fourth-order valence-corrected chi connectivity index (χ4v) is 2.04. The number of hydrogen-bond donors (Lipinski definition) is 2. The average Bonchev–Trinajstić information content (AvgIpc) is 2.54. The van der Waals surface area contributed by atoms with Gasteiger partial charge in [-0.05, 0) is 26.2 Å². The van der Waals surface area contributed by atoms with Crippen molar-refractivity contribution in [3.63, 3.8) is 0 Å². The Kier molecular flexibility index (Phi) is 4.69. The Hall–Kier alpha value is -1.15. The second kappa shape index (κ2) is 5.80. The van der Waals surface area contributed by atoms with Crippen LogP contribution in [0.4, 0.5) is 0 Å². The molecule has 16 heavy (non-hydrogen) atoms. The lowest BCUT2D eigenvalue weighted by molar-refractivity contribution is -0.138. The molecule has 92 valence electrons. The molecular weight excluding hydrogens is 234 g/mol. The molecule has 3 N–H and O–H groups in total. The van der Waals surface area contributed by atoms with E-state index in [2.05, 4.69) is 9.44 Å². The van der Waals surface area contributed by atoms with Crippen LogP contribution in [0.15, 0.2) is 5.16 Å². The maximum absolute atomic E-state index is 11.2. The molecule has 0 bridgehead atoms. The molecule has 0 radical (unpaired) electrons. The maximum atomic E-state index is 11.2. The van der Waals surface area contributed by atoms with Gasteiger partial charge in [0, 0.05) is 6.54 Å². The number of oxime groups is 1. The van der Waals surface area contributed by atoms with Gasteiger partial charge in [-0.1, -0.05) is 5.16 Å². The number of amidine groups is 1. The van der Waals surface area contributed by atoms with Crippen LogP contribution in [0.2, 0.25) is 0 Å². The fourth-order valence-electron chi connectivity index (χ4n) is 1.26. The first kappa shape index (κ1) is 12.9. The molecule has 0 saturated carbocycles. The van der Waals surface area contributed by atoms with E-state index in [1.165, 1.54) is 4.31 Å². The predicted molar refractivity (Wildman–Crippen MR) is 58.5 cm³/mol. The van der Waals surface area contributed by atoms with Crippen LogP contribution in [0.5, 0.6) is 0 Å². The highest BCUT2D eigenvalue weighted by molar-refractivity contribution is 7.78. The Morgan fingerprint density at radius 3 is 2.88 bits per heavy atom. The van der Waals surface area contributed by atoms with Crippen molar-refractivity contribution in [2.24, 2.45) is 10.9 Å². The lowest BCUT2D eigenvalue weighted by Gasteiger charge is -2.13. The van der Waals surface area contributed by atoms with Crippen molar-refractivity contribution in [2.75, 3.05) is 6.54 Å². The van der Waals surface area contributed by atoms with Gasteiger partial charge in [0.1, 0.15) is 6.04 Å². The fraction of sp³-hybridized carbons (Fsp3) is 0.750. The van der Waals surface area contributed by atoms with Gasteiger partial charge in [-0.15, -0.1) is 0 Å². The van der Waals surface area contributed by atoms with E-state index in [0.29, 0.717) is 31.6 Å². The van der Waals surface area contributed by atoms with Gasteiger partial charge in [0.05, 0.1) is 0 Å². The largest absolute Gasteiger partial charge is 0.480 e. The number of unbranched alkanes of at least 4 members (excludes halogenated alkanes) is 1. The van der Waals surface area contributed by atoms with E-state index in [0.717, 1.165) is 0 Å². The third kappa shape index (κ3) is 3.46. The normalized spacial score (nSPS) is 21.5. The second-order valence-electron chi connectivity index (χ2n) is 3.47. The Morgan fingerprint density at radius 1 is 1.69 bits per heavy atom. The SMILES string of the molecule is CC1=NOS(=O)N1CCCC[C@H](N)C(=O)O. The van der Waals surface area contributed by atoms with Gasteiger partial charge in [0.15, 0.2) is 5.84 Å². The van der Waals surface area contributed by atoms with Gasteiger partial charge in [-0.25, -0.2) is 4.31 Å². The molecule has 0 aliphatic carbocycles. The molecule has 1 rings (SSSR count). The van der Waals surface area contributed by atoms with Crippen LogP contribution >= 0.6 is 0 Å². The molecule has 7 nitrogen and oxygen atoms in total. The molecule has 0 spiro atoms. The molecule has 1 heterocycles. The van der Waals surface area contributed by atoms with Crippen LogP contribution in [0.1, 0.15) is 26.2 Å². The maximum Gasteiger partial charge on any atom is 0.341 e. The molecule has 0 aromatic carbocycles. The number of carbonyl (C=O) groups is 1. The van der Waals surface area contributed by atoms with Gasteiger partial charge < -0.3 is 10.8 Å². The standard InChI is InChI=1S/C8H15N3O4S/c1-6-10-15-16(14)11(6)5-3-2-4-7(9)8(12)13/h7H,2-5,9H2,1H3,(H,12,13)/t7-,16?/m0/s1. The van der Waals surface area contributed by atoms with E-state index in [1.54, 1.807) is 6.92 Å². The van der Waals surface area contributed by atoms with Crippen molar-refractivity contribution in [3.8, 4) is 0 Å². The zero-order chi connectivity index (χ0) is 12.1. The molecule has 1 aliphatic heterocycles. The van der Waals surface area contributed by atoms with E-state index >= 15 is 0 Å². The number of aliphatic carboxylic acids is 1. The Bertz CT molecular complexity index is 320. The zero-order valence-corrected chi connectivity index (χ0v) is 9.77. The summed E-state index contributed by atoms with van der Waals surface area (Å²) in [4.78, 5) is 10.4. The minimum Gasteiger partial charge on any atom is -0.480 e. The van der Waals surface area contributed by atoms with E-state index < -0.39 is 23.3 Å². The first-order valence-corrected chi connectivity index (χ1v) is 5.95. The quantitative estimate of drug-likeness (QED) is 0.635. The summed E-state index contributed by atoms with van der Waals surface area (Å²) in [6.45, 7) is 2.22. The minimum absolute atomic E-state index is 0.410. The molecule has 0 fully saturated rings. The van der Waals surface area contributed by atoms with Crippen molar-refractivity contribution in [3.05, 3.63) is 0 Å². The summed E-state index contributed by atoms with van der Waals surface area (Å²) in [5.41, 5.74) is 5.34.